The molecule has 1 amide bonds. The Labute approximate surface area is 139 Å². The van der Waals surface area contributed by atoms with E-state index in [0.717, 1.165) is 18.4 Å². The Morgan fingerprint density at radius 2 is 1.67 bits per heavy atom. The number of carbonyl (C=O) groups is 1. The van der Waals surface area contributed by atoms with Crippen molar-refractivity contribution in [2.45, 2.75) is 25.3 Å². The summed E-state index contributed by atoms with van der Waals surface area (Å²) < 4.78 is 31.4. The smallest absolute Gasteiger partial charge is 0.226 e. The van der Waals surface area contributed by atoms with Gasteiger partial charge < -0.3 is 9.64 Å². The van der Waals surface area contributed by atoms with Crippen LogP contribution in [0, 0.1) is 11.6 Å². The van der Waals surface area contributed by atoms with Gasteiger partial charge in [0.2, 0.25) is 5.91 Å². The minimum Gasteiger partial charge on any atom is -0.493 e. The third-order valence-electron chi connectivity index (χ3n) is 4.23. The van der Waals surface area contributed by atoms with E-state index in [4.69, 9.17) is 4.74 Å². The largest absolute Gasteiger partial charge is 0.493 e. The molecular weight excluding hydrogens is 312 g/mol. The molecule has 0 radical (unpaired) electrons. The Balaban J connectivity index is 1.55. The summed E-state index contributed by atoms with van der Waals surface area (Å²) in [7, 11) is 0. The van der Waals surface area contributed by atoms with Gasteiger partial charge in [0, 0.05) is 6.54 Å². The second-order valence-electron chi connectivity index (χ2n) is 5.85. The van der Waals surface area contributed by atoms with E-state index >= 15 is 0 Å². The predicted molar refractivity (Wildman–Crippen MR) is 86.6 cm³/mol. The number of rotatable bonds is 5. The van der Waals surface area contributed by atoms with Crippen LogP contribution >= 0.6 is 0 Å². The molecule has 2 aromatic carbocycles. The molecule has 5 heteroatoms. The molecule has 1 aliphatic heterocycles. The van der Waals surface area contributed by atoms with Crippen LogP contribution in [0.25, 0.3) is 0 Å². The monoisotopic (exact) mass is 331 g/mol. The van der Waals surface area contributed by atoms with Crippen molar-refractivity contribution in [3.63, 3.8) is 0 Å². The van der Waals surface area contributed by atoms with E-state index in [9.17, 15) is 13.6 Å². The summed E-state index contributed by atoms with van der Waals surface area (Å²) in [5.74, 6) is -0.0374. The van der Waals surface area contributed by atoms with Crippen LogP contribution in [-0.4, -0.2) is 24.0 Å². The molecule has 1 aliphatic rings. The Kier molecular flexibility index (Phi) is 5.08. The van der Waals surface area contributed by atoms with E-state index in [1.807, 2.05) is 4.90 Å². The lowest BCUT2D eigenvalue weighted by Gasteiger charge is -2.25. The third-order valence-corrected chi connectivity index (χ3v) is 4.23. The molecule has 1 unspecified atom stereocenters. The van der Waals surface area contributed by atoms with Crippen molar-refractivity contribution in [3.05, 3.63) is 65.7 Å². The molecule has 126 valence electrons. The summed E-state index contributed by atoms with van der Waals surface area (Å²) >= 11 is 0. The predicted octanol–water partition coefficient (Wildman–Crippen LogP) is 4.10. The molecule has 24 heavy (non-hydrogen) atoms. The molecule has 2 aromatic rings. The van der Waals surface area contributed by atoms with Crippen LogP contribution in [-0.2, 0) is 4.79 Å². The van der Waals surface area contributed by atoms with Crippen LogP contribution in [0.5, 0.6) is 5.75 Å². The zero-order valence-electron chi connectivity index (χ0n) is 13.3. The molecule has 1 fully saturated rings. The summed E-state index contributed by atoms with van der Waals surface area (Å²) in [4.78, 5) is 14.3. The average molecular weight is 331 g/mol. The summed E-state index contributed by atoms with van der Waals surface area (Å²) in [5.41, 5.74) is 0.960. The maximum absolute atomic E-state index is 13.1. The molecule has 0 N–H and O–H groups in total. The van der Waals surface area contributed by atoms with E-state index in [-0.39, 0.29) is 36.6 Å². The number of hydrogen-bond donors (Lipinski definition) is 0. The number of halogens is 2. The molecule has 0 aliphatic carbocycles. The van der Waals surface area contributed by atoms with Gasteiger partial charge in [-0.15, -0.1) is 0 Å². The van der Waals surface area contributed by atoms with E-state index in [1.165, 1.54) is 36.4 Å². The van der Waals surface area contributed by atoms with E-state index < -0.39 is 0 Å². The van der Waals surface area contributed by atoms with E-state index in [0.29, 0.717) is 12.3 Å². The highest BCUT2D eigenvalue weighted by Gasteiger charge is 2.29. The van der Waals surface area contributed by atoms with Crippen LogP contribution in [0.1, 0.15) is 30.9 Å². The number of ether oxygens (including phenoxy) is 1. The number of hydrogen-bond acceptors (Lipinski definition) is 2. The quantitative estimate of drug-likeness (QED) is 0.825. The maximum Gasteiger partial charge on any atom is 0.226 e. The van der Waals surface area contributed by atoms with Crippen molar-refractivity contribution < 1.29 is 18.3 Å². The summed E-state index contributed by atoms with van der Waals surface area (Å²) in [6.45, 7) is 0.953. The first kappa shape index (κ1) is 16.4. The third kappa shape index (κ3) is 3.91. The van der Waals surface area contributed by atoms with Crippen LogP contribution in [0.2, 0.25) is 0 Å². The average Bonchev–Trinajstić information content (AvgIpc) is 3.07. The molecule has 0 saturated carbocycles. The number of amides is 1. The Morgan fingerprint density at radius 3 is 2.33 bits per heavy atom. The zero-order valence-corrected chi connectivity index (χ0v) is 13.3. The second kappa shape index (κ2) is 7.43. The fourth-order valence-corrected chi connectivity index (χ4v) is 3.03. The first-order valence-electron chi connectivity index (χ1n) is 8.07. The normalized spacial score (nSPS) is 17.1. The van der Waals surface area contributed by atoms with Gasteiger partial charge in [0.1, 0.15) is 17.4 Å². The molecule has 1 atom stereocenters. The van der Waals surface area contributed by atoms with Crippen LogP contribution in [0.4, 0.5) is 8.78 Å². The van der Waals surface area contributed by atoms with Gasteiger partial charge in [0.15, 0.2) is 0 Å². The highest BCUT2D eigenvalue weighted by atomic mass is 19.1. The lowest BCUT2D eigenvalue weighted by Crippen LogP contribution is -2.31. The number of likely N-dealkylation sites (tertiary alicyclic amines) is 1. The molecule has 0 bridgehead atoms. The highest BCUT2D eigenvalue weighted by molar-refractivity contribution is 5.77. The van der Waals surface area contributed by atoms with E-state index in [2.05, 4.69) is 0 Å². The SMILES string of the molecule is O=C(CCOc1ccc(F)cc1)N1CCCC1c1ccc(F)cc1. The Bertz CT molecular complexity index is 686. The standard InChI is InChI=1S/C19H19F2NO2/c20-15-5-3-14(4-6-15)18-2-1-12-22(18)19(23)11-13-24-17-9-7-16(21)8-10-17/h3-10,18H,1-2,11-13H2. The molecule has 1 saturated heterocycles. The first-order chi connectivity index (χ1) is 11.6. The molecule has 3 rings (SSSR count). The number of benzene rings is 2. The second-order valence-corrected chi connectivity index (χ2v) is 5.85. The van der Waals surface area contributed by atoms with Crippen LogP contribution in [0.3, 0.4) is 0 Å². The van der Waals surface area contributed by atoms with Gasteiger partial charge in [-0.25, -0.2) is 8.78 Å². The summed E-state index contributed by atoms with van der Waals surface area (Å²) in [6, 6.07) is 12.0. The minimum atomic E-state index is -0.322. The fourth-order valence-electron chi connectivity index (χ4n) is 3.03. The summed E-state index contributed by atoms with van der Waals surface area (Å²) in [6.07, 6.45) is 2.08. The fraction of sp³-hybridized carbons (Fsp3) is 0.316. The minimum absolute atomic E-state index is 0.00363. The van der Waals surface area contributed by atoms with Gasteiger partial charge in [0.05, 0.1) is 19.1 Å². The Hall–Kier alpha value is -2.43. The molecule has 0 spiro atoms. The maximum atomic E-state index is 13.1. The first-order valence-corrected chi connectivity index (χ1v) is 8.07. The van der Waals surface area contributed by atoms with E-state index in [1.54, 1.807) is 12.1 Å². The van der Waals surface area contributed by atoms with Crippen molar-refractivity contribution in [2.75, 3.05) is 13.2 Å². The molecule has 1 heterocycles. The lowest BCUT2D eigenvalue weighted by molar-refractivity contribution is -0.132. The van der Waals surface area contributed by atoms with Crippen molar-refractivity contribution in [2.24, 2.45) is 0 Å². The van der Waals surface area contributed by atoms with Crippen molar-refractivity contribution in [1.82, 2.24) is 4.90 Å². The van der Waals surface area contributed by atoms with Crippen molar-refractivity contribution >= 4 is 5.91 Å². The van der Waals surface area contributed by atoms with Crippen LogP contribution in [0.15, 0.2) is 48.5 Å². The van der Waals surface area contributed by atoms with Gasteiger partial charge >= 0.3 is 0 Å². The van der Waals surface area contributed by atoms with Crippen molar-refractivity contribution in [1.29, 1.82) is 0 Å². The zero-order chi connectivity index (χ0) is 16.9. The van der Waals surface area contributed by atoms with Gasteiger partial charge in [-0.1, -0.05) is 12.1 Å². The van der Waals surface area contributed by atoms with Gasteiger partial charge in [-0.3, -0.25) is 4.79 Å². The lowest BCUT2D eigenvalue weighted by atomic mass is 10.0. The summed E-state index contributed by atoms with van der Waals surface area (Å²) in [5, 5.41) is 0. The molecular formula is C19H19F2NO2. The van der Waals surface area contributed by atoms with Gasteiger partial charge in [0.25, 0.3) is 0 Å². The molecule has 3 nitrogen and oxygen atoms in total. The molecule has 0 aromatic heterocycles. The topological polar surface area (TPSA) is 29.5 Å². The highest BCUT2D eigenvalue weighted by Crippen LogP contribution is 2.32. The van der Waals surface area contributed by atoms with Gasteiger partial charge in [-0.05, 0) is 54.8 Å². The van der Waals surface area contributed by atoms with Crippen LogP contribution < -0.4 is 4.74 Å². The van der Waals surface area contributed by atoms with Crippen molar-refractivity contribution in [3.8, 4) is 5.75 Å². The number of nitrogens with zero attached hydrogens (tertiary/aromatic N) is 1. The van der Waals surface area contributed by atoms with Gasteiger partial charge in [-0.2, -0.15) is 0 Å². The Morgan fingerprint density at radius 1 is 1.04 bits per heavy atom. The number of carbonyl (C=O) groups excluding carboxylic acids is 1.